The lowest BCUT2D eigenvalue weighted by Crippen LogP contribution is -2.29. The third kappa shape index (κ3) is 5.40. The van der Waals surface area contributed by atoms with Crippen molar-refractivity contribution in [1.29, 1.82) is 0 Å². The Kier molecular flexibility index (Phi) is 6.73. The molecule has 5 nitrogen and oxygen atoms in total. The molecule has 5 heteroatoms. The van der Waals surface area contributed by atoms with Gasteiger partial charge in [0.25, 0.3) is 0 Å². The van der Waals surface area contributed by atoms with Gasteiger partial charge < -0.3 is 15.7 Å². The average molecular weight is 278 g/mol. The quantitative estimate of drug-likeness (QED) is 0.635. The number of anilines is 1. The fourth-order valence-electron chi connectivity index (χ4n) is 1.95. The molecule has 0 saturated carbocycles. The van der Waals surface area contributed by atoms with Crippen molar-refractivity contribution < 1.29 is 14.7 Å². The summed E-state index contributed by atoms with van der Waals surface area (Å²) in [5.74, 6) is -0.923. The van der Waals surface area contributed by atoms with E-state index in [1.54, 1.807) is 0 Å². The number of carbonyl (C=O) groups excluding carboxylic acids is 1. The van der Waals surface area contributed by atoms with Gasteiger partial charge in [0.2, 0.25) is 5.91 Å². The van der Waals surface area contributed by atoms with E-state index in [-0.39, 0.29) is 18.9 Å². The molecular weight excluding hydrogens is 256 g/mol. The van der Waals surface area contributed by atoms with Gasteiger partial charge >= 0.3 is 5.97 Å². The first kappa shape index (κ1) is 16.2. The van der Waals surface area contributed by atoms with Crippen molar-refractivity contribution in [2.24, 2.45) is 0 Å². The summed E-state index contributed by atoms with van der Waals surface area (Å²) in [6, 6.07) is 5.95. The number of carbonyl (C=O) groups is 2. The monoisotopic (exact) mass is 278 g/mol. The van der Waals surface area contributed by atoms with Crippen molar-refractivity contribution in [3.63, 3.8) is 0 Å². The number of benzene rings is 1. The normalized spacial score (nSPS) is 10.3. The van der Waals surface area contributed by atoms with Gasteiger partial charge in [-0.15, -0.1) is 0 Å². The van der Waals surface area contributed by atoms with E-state index in [0.717, 1.165) is 23.2 Å². The topological polar surface area (TPSA) is 78.4 Å². The van der Waals surface area contributed by atoms with Gasteiger partial charge in [0.1, 0.15) is 0 Å². The number of hydrogen-bond acceptors (Lipinski definition) is 3. The molecular formula is C15H22N2O3. The van der Waals surface area contributed by atoms with E-state index in [9.17, 15) is 9.59 Å². The van der Waals surface area contributed by atoms with Crippen LogP contribution in [0.5, 0.6) is 0 Å². The van der Waals surface area contributed by atoms with E-state index in [4.69, 9.17) is 5.11 Å². The summed E-state index contributed by atoms with van der Waals surface area (Å²) < 4.78 is 0. The summed E-state index contributed by atoms with van der Waals surface area (Å²) in [6.07, 6.45) is 1.50. The standard InChI is InChI=1S/C15H22N2O3/c1-3-12-7-4-6-11(2)15(12)17-13(18)10-16-9-5-8-14(19)20/h4,6-7,16H,3,5,8-10H2,1-2H3,(H,17,18)(H,19,20). The fourth-order valence-corrected chi connectivity index (χ4v) is 1.95. The first-order valence-electron chi connectivity index (χ1n) is 6.85. The molecule has 1 aromatic carbocycles. The second-order valence-corrected chi connectivity index (χ2v) is 4.68. The zero-order chi connectivity index (χ0) is 15.0. The molecule has 0 aliphatic rings. The Morgan fingerprint density at radius 2 is 2.05 bits per heavy atom. The first-order chi connectivity index (χ1) is 9.54. The van der Waals surface area contributed by atoms with E-state index in [1.807, 2.05) is 25.1 Å². The lowest BCUT2D eigenvalue weighted by atomic mass is 10.1. The van der Waals surface area contributed by atoms with E-state index in [1.165, 1.54) is 0 Å². The second-order valence-electron chi connectivity index (χ2n) is 4.68. The van der Waals surface area contributed by atoms with Crippen LogP contribution in [0.15, 0.2) is 18.2 Å². The highest BCUT2D eigenvalue weighted by Crippen LogP contribution is 2.20. The minimum atomic E-state index is -0.816. The molecule has 0 aromatic heterocycles. The number of aliphatic carboxylic acids is 1. The molecule has 0 saturated heterocycles. The fraction of sp³-hybridized carbons (Fsp3) is 0.467. The molecule has 3 N–H and O–H groups in total. The summed E-state index contributed by atoms with van der Waals surface area (Å²) in [5, 5.41) is 14.4. The predicted molar refractivity (Wildman–Crippen MR) is 78.9 cm³/mol. The molecule has 0 spiro atoms. The van der Waals surface area contributed by atoms with Crippen molar-refractivity contribution in [2.75, 3.05) is 18.4 Å². The van der Waals surface area contributed by atoms with Crippen LogP contribution in [-0.4, -0.2) is 30.1 Å². The molecule has 110 valence electrons. The number of carboxylic acids is 1. The molecule has 20 heavy (non-hydrogen) atoms. The van der Waals surface area contributed by atoms with Crippen molar-refractivity contribution in [1.82, 2.24) is 5.32 Å². The van der Waals surface area contributed by atoms with Crippen molar-refractivity contribution >= 4 is 17.6 Å². The molecule has 0 unspecified atom stereocenters. The minimum Gasteiger partial charge on any atom is -0.481 e. The van der Waals surface area contributed by atoms with Crippen LogP contribution in [0.3, 0.4) is 0 Å². The number of carboxylic acid groups (broad SMARTS) is 1. The van der Waals surface area contributed by atoms with Crippen LogP contribution in [0, 0.1) is 6.92 Å². The molecule has 0 heterocycles. The van der Waals surface area contributed by atoms with Crippen molar-refractivity contribution in [3.8, 4) is 0 Å². The number of rotatable bonds is 8. The van der Waals surface area contributed by atoms with Gasteiger partial charge in [-0.25, -0.2) is 0 Å². The van der Waals surface area contributed by atoms with Crippen molar-refractivity contribution in [3.05, 3.63) is 29.3 Å². The molecule has 1 rings (SSSR count). The molecule has 0 aliphatic heterocycles. The van der Waals surface area contributed by atoms with E-state index >= 15 is 0 Å². The maximum Gasteiger partial charge on any atom is 0.303 e. The smallest absolute Gasteiger partial charge is 0.303 e. The highest BCUT2D eigenvalue weighted by atomic mass is 16.4. The van der Waals surface area contributed by atoms with Gasteiger partial charge in [-0.1, -0.05) is 25.1 Å². The zero-order valence-electron chi connectivity index (χ0n) is 12.0. The van der Waals surface area contributed by atoms with Crippen LogP contribution < -0.4 is 10.6 Å². The first-order valence-corrected chi connectivity index (χ1v) is 6.85. The Balaban J connectivity index is 2.41. The predicted octanol–water partition coefficient (Wildman–Crippen LogP) is 1.95. The second kappa shape index (κ2) is 8.32. The number of nitrogens with one attached hydrogen (secondary N) is 2. The summed E-state index contributed by atoms with van der Waals surface area (Å²) in [5.41, 5.74) is 3.04. The van der Waals surface area contributed by atoms with Crippen LogP contribution in [0.2, 0.25) is 0 Å². The van der Waals surface area contributed by atoms with E-state index < -0.39 is 5.97 Å². The number of para-hydroxylation sites is 1. The van der Waals surface area contributed by atoms with E-state index in [0.29, 0.717) is 13.0 Å². The third-order valence-electron chi connectivity index (χ3n) is 3.03. The molecule has 0 radical (unpaired) electrons. The highest BCUT2D eigenvalue weighted by Gasteiger charge is 2.08. The lowest BCUT2D eigenvalue weighted by molar-refractivity contribution is -0.137. The zero-order valence-corrected chi connectivity index (χ0v) is 12.0. The van der Waals surface area contributed by atoms with Crippen LogP contribution >= 0.6 is 0 Å². The summed E-state index contributed by atoms with van der Waals surface area (Å²) in [7, 11) is 0. The molecule has 0 fully saturated rings. The van der Waals surface area contributed by atoms with Crippen LogP contribution in [0.1, 0.15) is 30.9 Å². The lowest BCUT2D eigenvalue weighted by Gasteiger charge is -2.13. The maximum atomic E-state index is 11.8. The van der Waals surface area contributed by atoms with Gasteiger partial charge in [-0.3, -0.25) is 9.59 Å². The Bertz CT molecular complexity index is 472. The number of hydrogen-bond donors (Lipinski definition) is 3. The van der Waals surface area contributed by atoms with Crippen LogP contribution in [0.4, 0.5) is 5.69 Å². The summed E-state index contributed by atoms with van der Waals surface area (Å²) in [6.45, 7) is 4.73. The van der Waals surface area contributed by atoms with Crippen molar-refractivity contribution in [2.45, 2.75) is 33.1 Å². The Morgan fingerprint density at radius 3 is 2.70 bits per heavy atom. The minimum absolute atomic E-state index is 0.107. The Labute approximate surface area is 119 Å². The molecule has 0 aliphatic carbocycles. The summed E-state index contributed by atoms with van der Waals surface area (Å²) >= 11 is 0. The SMILES string of the molecule is CCc1cccc(C)c1NC(=O)CNCCCC(=O)O. The maximum absolute atomic E-state index is 11.8. The average Bonchev–Trinajstić information content (AvgIpc) is 2.40. The van der Waals surface area contributed by atoms with Gasteiger partial charge in [0, 0.05) is 12.1 Å². The van der Waals surface area contributed by atoms with E-state index in [2.05, 4.69) is 17.6 Å². The summed E-state index contributed by atoms with van der Waals surface area (Å²) in [4.78, 5) is 22.2. The van der Waals surface area contributed by atoms with Gasteiger partial charge in [-0.05, 0) is 37.4 Å². The number of amides is 1. The highest BCUT2D eigenvalue weighted by molar-refractivity contribution is 5.93. The van der Waals surface area contributed by atoms with Gasteiger partial charge in [0.15, 0.2) is 0 Å². The molecule has 1 amide bonds. The molecule has 1 aromatic rings. The third-order valence-corrected chi connectivity index (χ3v) is 3.03. The van der Waals surface area contributed by atoms with Crippen LogP contribution in [0.25, 0.3) is 0 Å². The Hall–Kier alpha value is -1.88. The van der Waals surface area contributed by atoms with Gasteiger partial charge in [-0.2, -0.15) is 0 Å². The number of aryl methyl sites for hydroxylation is 2. The largest absolute Gasteiger partial charge is 0.481 e. The Morgan fingerprint density at radius 1 is 1.30 bits per heavy atom. The van der Waals surface area contributed by atoms with Gasteiger partial charge in [0.05, 0.1) is 6.54 Å². The molecule has 0 bridgehead atoms. The molecule has 0 atom stereocenters. The van der Waals surface area contributed by atoms with Crippen LogP contribution in [-0.2, 0) is 16.0 Å².